The van der Waals surface area contributed by atoms with Crippen molar-refractivity contribution >= 4 is 48.6 Å². The largest absolute Gasteiger partial charge is 0.475 e. The van der Waals surface area contributed by atoms with Crippen LogP contribution in [-0.2, 0) is 22.7 Å². The topological polar surface area (TPSA) is 87.8 Å². The molecule has 0 saturated heterocycles. The summed E-state index contributed by atoms with van der Waals surface area (Å²) in [6.07, 6.45) is -4.61. The molecule has 0 saturated carbocycles. The van der Waals surface area contributed by atoms with E-state index in [1.165, 1.54) is 18.2 Å². The first kappa shape index (κ1) is 24.8. The molecule has 0 aliphatic carbocycles. The smallest absolute Gasteiger partial charge is 0.416 e. The minimum Gasteiger partial charge on any atom is -0.475 e. The quantitative estimate of drug-likeness (QED) is 0.283. The van der Waals surface area contributed by atoms with E-state index in [1.54, 1.807) is 31.2 Å². The van der Waals surface area contributed by atoms with Crippen LogP contribution < -0.4 is 4.31 Å². The molecule has 6 nitrogen and oxygen atoms in total. The number of carboxylic acids is 1. The summed E-state index contributed by atoms with van der Waals surface area (Å²) in [5.41, 5.74) is 0.441. The van der Waals surface area contributed by atoms with Gasteiger partial charge in [-0.3, -0.25) is 4.31 Å². The van der Waals surface area contributed by atoms with Gasteiger partial charge in [-0.1, -0.05) is 28.1 Å². The molecular formula is C24H17BrF3NO5S. The third-order valence-corrected chi connectivity index (χ3v) is 7.73. The number of anilines is 1. The fourth-order valence-corrected chi connectivity index (χ4v) is 5.29. The number of halogens is 4. The molecule has 0 spiro atoms. The van der Waals surface area contributed by atoms with Crippen LogP contribution in [0.3, 0.4) is 0 Å². The molecule has 182 valence electrons. The third kappa shape index (κ3) is 4.92. The summed E-state index contributed by atoms with van der Waals surface area (Å²) in [6.45, 7) is 1.42. The van der Waals surface area contributed by atoms with E-state index in [1.807, 2.05) is 0 Å². The number of furan rings is 1. The fourth-order valence-electron chi connectivity index (χ4n) is 3.58. The van der Waals surface area contributed by atoms with Crippen LogP contribution in [0.1, 0.15) is 27.2 Å². The van der Waals surface area contributed by atoms with Crippen molar-refractivity contribution in [1.29, 1.82) is 0 Å². The second-order valence-electron chi connectivity index (χ2n) is 7.70. The minimum atomic E-state index is -4.61. The van der Waals surface area contributed by atoms with Crippen molar-refractivity contribution in [2.45, 2.75) is 24.5 Å². The first-order valence-corrected chi connectivity index (χ1v) is 12.3. The van der Waals surface area contributed by atoms with E-state index in [9.17, 15) is 31.5 Å². The molecule has 4 aromatic rings. The van der Waals surface area contributed by atoms with Gasteiger partial charge >= 0.3 is 12.1 Å². The molecular weight excluding hydrogens is 551 g/mol. The molecule has 0 aliphatic heterocycles. The average Bonchev–Trinajstić information content (AvgIpc) is 3.14. The highest BCUT2D eigenvalue weighted by molar-refractivity contribution is 9.10. The van der Waals surface area contributed by atoms with Crippen LogP contribution in [0.4, 0.5) is 18.9 Å². The van der Waals surface area contributed by atoms with E-state index in [2.05, 4.69) is 15.9 Å². The molecule has 3 aromatic carbocycles. The predicted molar refractivity (Wildman–Crippen MR) is 127 cm³/mol. The number of nitrogens with zero attached hydrogens (tertiary/aromatic N) is 1. The molecule has 0 atom stereocenters. The highest BCUT2D eigenvalue weighted by Gasteiger charge is 2.32. The molecule has 35 heavy (non-hydrogen) atoms. The van der Waals surface area contributed by atoms with E-state index in [-0.39, 0.29) is 28.5 Å². The first-order valence-electron chi connectivity index (χ1n) is 10.1. The lowest BCUT2D eigenvalue weighted by molar-refractivity contribution is -0.137. The maximum absolute atomic E-state index is 13.6. The zero-order valence-electron chi connectivity index (χ0n) is 18.0. The standard InChI is InChI=1S/C24H17BrF3NO5S/c1-14-20-12-18(8-11-21(20)34-22(14)23(30)31)29(13-15-2-6-17(25)7-3-15)35(32,33)19-9-4-16(5-10-19)24(26,27)28/h2-12H,13H2,1H3,(H,30,31). The monoisotopic (exact) mass is 567 g/mol. The molecule has 1 heterocycles. The zero-order valence-corrected chi connectivity index (χ0v) is 20.4. The second kappa shape index (κ2) is 9.04. The second-order valence-corrected chi connectivity index (χ2v) is 10.5. The molecule has 0 unspecified atom stereocenters. The van der Waals surface area contributed by atoms with E-state index < -0.39 is 27.7 Å². The molecule has 1 aromatic heterocycles. The van der Waals surface area contributed by atoms with Gasteiger partial charge in [-0.25, -0.2) is 13.2 Å². The van der Waals surface area contributed by atoms with Gasteiger partial charge in [-0.05, 0) is 67.1 Å². The number of hydrogen-bond acceptors (Lipinski definition) is 4. The first-order chi connectivity index (χ1) is 16.4. The Morgan fingerprint density at radius 2 is 1.66 bits per heavy atom. The predicted octanol–water partition coefficient (Wildman–Crippen LogP) is 6.62. The fraction of sp³-hybridized carbons (Fsp3) is 0.125. The Morgan fingerprint density at radius 3 is 2.23 bits per heavy atom. The number of rotatable bonds is 6. The van der Waals surface area contributed by atoms with Gasteiger partial charge in [-0.15, -0.1) is 0 Å². The van der Waals surface area contributed by atoms with Crippen LogP contribution in [0.5, 0.6) is 0 Å². The lowest BCUT2D eigenvalue weighted by Crippen LogP contribution is -2.30. The Hall–Kier alpha value is -3.31. The number of hydrogen-bond donors (Lipinski definition) is 1. The number of alkyl halides is 3. The Bertz CT molecular complexity index is 1510. The highest BCUT2D eigenvalue weighted by atomic mass is 79.9. The number of fused-ring (bicyclic) bond motifs is 1. The number of benzene rings is 3. The van der Waals surface area contributed by atoms with Gasteiger partial charge in [0.15, 0.2) is 0 Å². The van der Waals surface area contributed by atoms with Crippen molar-refractivity contribution in [3.63, 3.8) is 0 Å². The molecule has 0 aliphatic rings. The van der Waals surface area contributed by atoms with Crippen LogP contribution in [0.15, 0.2) is 80.5 Å². The van der Waals surface area contributed by atoms with Crippen LogP contribution >= 0.6 is 15.9 Å². The summed E-state index contributed by atoms with van der Waals surface area (Å²) in [5, 5.41) is 9.74. The Balaban J connectivity index is 1.84. The summed E-state index contributed by atoms with van der Waals surface area (Å²) in [5.74, 6) is -1.52. The van der Waals surface area contributed by atoms with Gasteiger partial charge in [0, 0.05) is 15.4 Å². The molecule has 0 amide bonds. The van der Waals surface area contributed by atoms with Crippen LogP contribution in [0, 0.1) is 6.92 Å². The van der Waals surface area contributed by atoms with Gasteiger partial charge in [0.25, 0.3) is 10.0 Å². The molecule has 0 bridgehead atoms. The van der Waals surface area contributed by atoms with Crippen molar-refractivity contribution in [3.05, 3.63) is 93.7 Å². The zero-order chi connectivity index (χ0) is 25.5. The van der Waals surface area contributed by atoms with E-state index in [0.717, 1.165) is 20.9 Å². The third-order valence-electron chi connectivity index (χ3n) is 5.41. The van der Waals surface area contributed by atoms with Crippen molar-refractivity contribution in [2.75, 3.05) is 4.31 Å². The normalized spacial score (nSPS) is 12.1. The number of aryl methyl sites for hydroxylation is 1. The lowest BCUT2D eigenvalue weighted by atomic mass is 10.1. The molecule has 0 radical (unpaired) electrons. The van der Waals surface area contributed by atoms with Crippen LogP contribution in [-0.4, -0.2) is 19.5 Å². The van der Waals surface area contributed by atoms with Crippen LogP contribution in [0.25, 0.3) is 11.0 Å². The molecule has 4 rings (SSSR count). The summed E-state index contributed by atoms with van der Waals surface area (Å²) >= 11 is 3.32. The van der Waals surface area contributed by atoms with E-state index in [0.29, 0.717) is 28.6 Å². The van der Waals surface area contributed by atoms with Crippen molar-refractivity contribution in [3.8, 4) is 0 Å². The number of carboxylic acid groups (broad SMARTS) is 1. The Labute approximate surface area is 206 Å². The summed E-state index contributed by atoms with van der Waals surface area (Å²) in [6, 6.07) is 14.6. The number of carbonyl (C=O) groups is 1. The van der Waals surface area contributed by atoms with E-state index in [4.69, 9.17) is 4.42 Å². The number of sulfonamides is 1. The van der Waals surface area contributed by atoms with Crippen LogP contribution in [0.2, 0.25) is 0 Å². The summed E-state index contributed by atoms with van der Waals surface area (Å²) in [4.78, 5) is 11.1. The SMILES string of the molecule is Cc1c(C(=O)O)oc2ccc(N(Cc3ccc(Br)cc3)S(=O)(=O)c3ccc(C(F)(F)F)cc3)cc12. The van der Waals surface area contributed by atoms with Gasteiger partial charge in [0.05, 0.1) is 22.7 Å². The molecule has 11 heteroatoms. The average molecular weight is 568 g/mol. The Kier molecular flexibility index (Phi) is 6.41. The van der Waals surface area contributed by atoms with Gasteiger partial charge in [0.1, 0.15) is 5.58 Å². The maximum atomic E-state index is 13.6. The van der Waals surface area contributed by atoms with Crippen molar-refractivity contribution in [2.24, 2.45) is 0 Å². The highest BCUT2D eigenvalue weighted by Crippen LogP contribution is 2.34. The summed E-state index contributed by atoms with van der Waals surface area (Å²) in [7, 11) is -4.31. The molecule has 1 N–H and O–H groups in total. The molecule has 0 fully saturated rings. The van der Waals surface area contributed by atoms with Crippen molar-refractivity contribution < 1.29 is 35.9 Å². The van der Waals surface area contributed by atoms with Crippen molar-refractivity contribution in [1.82, 2.24) is 0 Å². The maximum Gasteiger partial charge on any atom is 0.416 e. The Morgan fingerprint density at radius 1 is 1.03 bits per heavy atom. The van der Waals surface area contributed by atoms with Gasteiger partial charge < -0.3 is 9.52 Å². The van der Waals surface area contributed by atoms with E-state index >= 15 is 0 Å². The number of aromatic carboxylic acids is 1. The van der Waals surface area contributed by atoms with Gasteiger partial charge in [-0.2, -0.15) is 13.2 Å². The summed E-state index contributed by atoms with van der Waals surface area (Å²) < 4.78 is 73.4. The lowest BCUT2D eigenvalue weighted by Gasteiger charge is -2.25. The minimum absolute atomic E-state index is 0.120. The van der Waals surface area contributed by atoms with Gasteiger partial charge in [0.2, 0.25) is 5.76 Å².